The molecule has 0 aromatic heterocycles. The van der Waals surface area contributed by atoms with E-state index < -0.39 is 17.9 Å². The smallest absolute Gasteiger partial charge is 0.343 e. The van der Waals surface area contributed by atoms with E-state index in [1.54, 1.807) is 31.2 Å². The van der Waals surface area contributed by atoms with Gasteiger partial charge in [0, 0.05) is 18.6 Å². The average molecular weight is 497 g/mol. The number of carbonyl (C=O) groups is 4. The van der Waals surface area contributed by atoms with E-state index in [0.29, 0.717) is 17.1 Å². The molecule has 0 atom stereocenters. The van der Waals surface area contributed by atoms with E-state index >= 15 is 0 Å². The Morgan fingerprint density at radius 1 is 0.757 bits per heavy atom. The van der Waals surface area contributed by atoms with E-state index in [-0.39, 0.29) is 23.5 Å². The molecule has 37 heavy (non-hydrogen) atoms. The highest BCUT2D eigenvalue weighted by atomic mass is 16.5. The van der Waals surface area contributed by atoms with E-state index in [9.17, 15) is 19.2 Å². The van der Waals surface area contributed by atoms with Gasteiger partial charge in [-0.2, -0.15) is 0 Å². The van der Waals surface area contributed by atoms with Gasteiger partial charge in [0.15, 0.2) is 5.78 Å². The van der Waals surface area contributed by atoms with Crippen molar-refractivity contribution in [2.75, 3.05) is 0 Å². The molecule has 0 amide bonds. The number of hydrogen-bond donors (Lipinski definition) is 0. The van der Waals surface area contributed by atoms with Crippen LogP contribution in [-0.4, -0.2) is 23.7 Å². The molecule has 0 aliphatic heterocycles. The van der Waals surface area contributed by atoms with Gasteiger partial charge in [0.25, 0.3) is 0 Å². The van der Waals surface area contributed by atoms with E-state index in [1.807, 2.05) is 12.1 Å². The SMILES string of the molecule is C=CC(=O)Cc1ccc(/C=C/C(=O)Oc2ccc(OC(=O)c3ccc(OC(=O)C=C)cc3)c(C)c2)cc1. The first kappa shape index (κ1) is 26.6. The van der Waals surface area contributed by atoms with Crippen molar-refractivity contribution in [2.45, 2.75) is 13.3 Å². The summed E-state index contributed by atoms with van der Waals surface area (Å²) >= 11 is 0. The van der Waals surface area contributed by atoms with Crippen LogP contribution in [0.2, 0.25) is 0 Å². The second-order valence-electron chi connectivity index (χ2n) is 7.81. The molecular formula is C30H24O7. The minimum atomic E-state index is -0.602. The molecule has 0 unspecified atom stereocenters. The van der Waals surface area contributed by atoms with Crippen molar-refractivity contribution in [3.05, 3.63) is 120 Å². The van der Waals surface area contributed by atoms with Crippen LogP contribution in [-0.2, 0) is 20.8 Å². The Morgan fingerprint density at radius 2 is 1.41 bits per heavy atom. The summed E-state index contributed by atoms with van der Waals surface area (Å²) in [5, 5.41) is 0. The molecule has 7 heteroatoms. The van der Waals surface area contributed by atoms with Crippen LogP contribution in [0.5, 0.6) is 17.2 Å². The maximum absolute atomic E-state index is 12.5. The predicted octanol–water partition coefficient (Wildman–Crippen LogP) is 5.22. The molecule has 0 fully saturated rings. The predicted molar refractivity (Wildman–Crippen MR) is 138 cm³/mol. The first-order chi connectivity index (χ1) is 17.8. The molecule has 3 aromatic carbocycles. The van der Waals surface area contributed by atoms with E-state index in [2.05, 4.69) is 13.2 Å². The second kappa shape index (κ2) is 12.6. The fourth-order valence-corrected chi connectivity index (χ4v) is 3.11. The quantitative estimate of drug-likeness (QED) is 0.216. The summed E-state index contributed by atoms with van der Waals surface area (Å²) in [7, 11) is 0. The second-order valence-corrected chi connectivity index (χ2v) is 7.81. The van der Waals surface area contributed by atoms with E-state index in [1.165, 1.54) is 48.6 Å². The number of allylic oxidation sites excluding steroid dienone is 1. The summed E-state index contributed by atoms with van der Waals surface area (Å²) in [6.07, 6.45) is 5.50. The topological polar surface area (TPSA) is 96.0 Å². The number of benzene rings is 3. The maximum atomic E-state index is 12.5. The Morgan fingerprint density at radius 3 is 2.03 bits per heavy atom. The molecule has 0 saturated heterocycles. The van der Waals surface area contributed by atoms with Gasteiger partial charge in [-0.05, 0) is 78.2 Å². The summed E-state index contributed by atoms with van der Waals surface area (Å²) in [4.78, 5) is 47.4. The zero-order valence-electron chi connectivity index (χ0n) is 20.1. The normalized spacial score (nSPS) is 10.4. The van der Waals surface area contributed by atoms with Crippen LogP contribution in [0.3, 0.4) is 0 Å². The fraction of sp³-hybridized carbons (Fsp3) is 0.0667. The van der Waals surface area contributed by atoms with Gasteiger partial charge in [-0.1, -0.05) is 37.4 Å². The van der Waals surface area contributed by atoms with Crippen LogP contribution in [0.15, 0.2) is 98.1 Å². The highest BCUT2D eigenvalue weighted by Gasteiger charge is 2.12. The molecule has 0 radical (unpaired) electrons. The van der Waals surface area contributed by atoms with Gasteiger partial charge in [-0.3, -0.25) is 4.79 Å². The summed E-state index contributed by atoms with van der Waals surface area (Å²) in [5.41, 5.74) is 2.48. The summed E-state index contributed by atoms with van der Waals surface area (Å²) in [5.74, 6) is -0.976. The van der Waals surface area contributed by atoms with Gasteiger partial charge in [-0.15, -0.1) is 0 Å². The number of aryl methyl sites for hydroxylation is 1. The zero-order valence-corrected chi connectivity index (χ0v) is 20.1. The summed E-state index contributed by atoms with van der Waals surface area (Å²) in [6.45, 7) is 8.49. The highest BCUT2D eigenvalue weighted by molar-refractivity contribution is 5.92. The Bertz CT molecular complexity index is 1360. The Labute approximate surface area is 214 Å². The minimum absolute atomic E-state index is 0.0645. The molecule has 0 heterocycles. The zero-order chi connectivity index (χ0) is 26.8. The van der Waals surface area contributed by atoms with E-state index in [0.717, 1.165) is 17.2 Å². The molecule has 0 bridgehead atoms. The van der Waals surface area contributed by atoms with Crippen molar-refractivity contribution < 1.29 is 33.4 Å². The van der Waals surface area contributed by atoms with E-state index in [4.69, 9.17) is 14.2 Å². The number of ether oxygens (including phenoxy) is 3. The van der Waals surface area contributed by atoms with Gasteiger partial charge in [0.2, 0.25) is 0 Å². The lowest BCUT2D eigenvalue weighted by atomic mass is 10.1. The first-order valence-corrected chi connectivity index (χ1v) is 11.2. The first-order valence-electron chi connectivity index (χ1n) is 11.2. The van der Waals surface area contributed by atoms with Crippen molar-refractivity contribution >= 4 is 29.8 Å². The lowest BCUT2D eigenvalue weighted by molar-refractivity contribution is -0.129. The summed E-state index contributed by atoms with van der Waals surface area (Å²) < 4.78 is 15.7. The van der Waals surface area contributed by atoms with Crippen molar-refractivity contribution in [1.82, 2.24) is 0 Å². The number of ketones is 1. The monoisotopic (exact) mass is 496 g/mol. The molecule has 0 saturated carbocycles. The molecule has 0 N–H and O–H groups in total. The molecule has 3 rings (SSSR count). The van der Waals surface area contributed by atoms with Gasteiger partial charge >= 0.3 is 17.9 Å². The third-order valence-corrected chi connectivity index (χ3v) is 5.04. The molecule has 3 aromatic rings. The van der Waals surface area contributed by atoms with Crippen LogP contribution >= 0.6 is 0 Å². The molecular weight excluding hydrogens is 472 g/mol. The van der Waals surface area contributed by atoms with Crippen LogP contribution in [0.25, 0.3) is 6.08 Å². The van der Waals surface area contributed by atoms with Crippen molar-refractivity contribution in [3.8, 4) is 17.2 Å². The molecule has 0 aliphatic rings. The third kappa shape index (κ3) is 8.00. The van der Waals surface area contributed by atoms with Gasteiger partial charge < -0.3 is 14.2 Å². The van der Waals surface area contributed by atoms with Crippen LogP contribution < -0.4 is 14.2 Å². The number of esters is 3. The standard InChI is InChI=1S/C30H24O7/c1-4-24(31)19-22-8-6-21(7-9-22)10-17-29(33)36-26-15-16-27(20(3)18-26)37-30(34)23-11-13-25(14-12-23)35-28(32)5-2/h4-18H,1-2,19H2,3H3/b17-10+. The largest absolute Gasteiger partial charge is 0.423 e. The van der Waals surface area contributed by atoms with Crippen LogP contribution in [0, 0.1) is 6.92 Å². The number of rotatable bonds is 10. The lowest BCUT2D eigenvalue weighted by Gasteiger charge is -2.09. The summed E-state index contributed by atoms with van der Waals surface area (Å²) in [6, 6.07) is 17.7. The maximum Gasteiger partial charge on any atom is 0.343 e. The van der Waals surface area contributed by atoms with Crippen molar-refractivity contribution in [3.63, 3.8) is 0 Å². The van der Waals surface area contributed by atoms with Gasteiger partial charge in [-0.25, -0.2) is 14.4 Å². The van der Waals surface area contributed by atoms with Crippen molar-refractivity contribution in [2.24, 2.45) is 0 Å². The number of hydrogen-bond acceptors (Lipinski definition) is 7. The third-order valence-electron chi connectivity index (χ3n) is 5.04. The molecule has 186 valence electrons. The van der Waals surface area contributed by atoms with Gasteiger partial charge in [0.1, 0.15) is 17.2 Å². The van der Waals surface area contributed by atoms with Gasteiger partial charge in [0.05, 0.1) is 5.56 Å². The fourth-order valence-electron chi connectivity index (χ4n) is 3.11. The Hall–Kier alpha value is -5.04. The number of carbonyl (C=O) groups excluding carboxylic acids is 4. The van der Waals surface area contributed by atoms with Crippen LogP contribution in [0.1, 0.15) is 27.0 Å². The van der Waals surface area contributed by atoms with Crippen LogP contribution in [0.4, 0.5) is 0 Å². The Balaban J connectivity index is 1.56. The average Bonchev–Trinajstić information content (AvgIpc) is 2.90. The van der Waals surface area contributed by atoms with Crippen molar-refractivity contribution in [1.29, 1.82) is 0 Å². The Kier molecular flexibility index (Phi) is 9.05. The highest BCUT2D eigenvalue weighted by Crippen LogP contribution is 2.25. The molecule has 7 nitrogen and oxygen atoms in total. The lowest BCUT2D eigenvalue weighted by Crippen LogP contribution is -2.10. The minimum Gasteiger partial charge on any atom is -0.423 e. The molecule has 0 spiro atoms. The molecule has 0 aliphatic carbocycles.